The molecule has 0 aliphatic heterocycles. The molecule has 3 N–H and O–H groups in total. The lowest BCUT2D eigenvalue weighted by atomic mass is 10.1. The maximum Gasteiger partial charge on any atom is 0.177 e. The summed E-state index contributed by atoms with van der Waals surface area (Å²) in [6.07, 6.45) is 1.49. The van der Waals surface area contributed by atoms with Crippen LogP contribution in [0.2, 0.25) is 0 Å². The summed E-state index contributed by atoms with van der Waals surface area (Å²) in [5.74, 6) is 0.469. The molecule has 0 fully saturated rings. The molecule has 0 saturated carbocycles. The average molecular weight is 284 g/mol. The van der Waals surface area contributed by atoms with Gasteiger partial charge in [0.1, 0.15) is 17.8 Å². The van der Waals surface area contributed by atoms with Crippen molar-refractivity contribution in [2.75, 3.05) is 5.43 Å². The van der Waals surface area contributed by atoms with Crippen LogP contribution in [0.3, 0.4) is 0 Å². The highest BCUT2D eigenvalue weighted by Crippen LogP contribution is 2.23. The zero-order valence-electron chi connectivity index (χ0n) is 11.1. The zero-order valence-corrected chi connectivity index (χ0v) is 11.1. The van der Waals surface area contributed by atoms with Crippen LogP contribution >= 0.6 is 0 Å². The molecular formula is C13H12N6O2. The van der Waals surface area contributed by atoms with Crippen LogP contribution in [-0.2, 0) is 0 Å². The van der Waals surface area contributed by atoms with Gasteiger partial charge in [0.15, 0.2) is 11.5 Å². The molecule has 3 rings (SSSR count). The Balaban J connectivity index is 1.84. The van der Waals surface area contributed by atoms with Gasteiger partial charge in [-0.15, -0.1) is 15.3 Å². The van der Waals surface area contributed by atoms with Crippen LogP contribution in [0.1, 0.15) is 12.5 Å². The third kappa shape index (κ3) is 2.59. The van der Waals surface area contributed by atoms with Crippen LogP contribution in [0.4, 0.5) is 5.82 Å². The minimum atomic E-state index is -0.0414. The fourth-order valence-corrected chi connectivity index (χ4v) is 1.82. The minimum absolute atomic E-state index is 0.00302. The van der Waals surface area contributed by atoms with E-state index in [0.29, 0.717) is 22.7 Å². The number of phenolic OH excluding ortho intramolecular Hbond substituents is 2. The third-order valence-corrected chi connectivity index (χ3v) is 2.87. The SMILES string of the molecule is C/C(=N/Nc1ccc2nncn2n1)c1ccc(O)cc1O. The van der Waals surface area contributed by atoms with Gasteiger partial charge in [-0.2, -0.15) is 9.62 Å². The van der Waals surface area contributed by atoms with Crippen molar-refractivity contribution in [3.05, 3.63) is 42.2 Å². The van der Waals surface area contributed by atoms with Gasteiger partial charge in [-0.25, -0.2) is 0 Å². The number of nitrogens with zero attached hydrogens (tertiary/aromatic N) is 5. The van der Waals surface area contributed by atoms with Gasteiger partial charge in [-0.05, 0) is 31.2 Å². The summed E-state index contributed by atoms with van der Waals surface area (Å²) < 4.78 is 1.52. The number of aromatic nitrogens is 4. The lowest BCUT2D eigenvalue weighted by Crippen LogP contribution is -2.02. The lowest BCUT2D eigenvalue weighted by molar-refractivity contribution is 0.450. The predicted octanol–water partition coefficient (Wildman–Crippen LogP) is 1.37. The Morgan fingerprint density at radius 1 is 1.24 bits per heavy atom. The van der Waals surface area contributed by atoms with Gasteiger partial charge in [0, 0.05) is 11.6 Å². The summed E-state index contributed by atoms with van der Waals surface area (Å²) >= 11 is 0. The monoisotopic (exact) mass is 284 g/mol. The van der Waals surface area contributed by atoms with E-state index < -0.39 is 0 Å². The molecule has 21 heavy (non-hydrogen) atoms. The van der Waals surface area contributed by atoms with E-state index in [1.165, 1.54) is 23.0 Å². The van der Waals surface area contributed by atoms with Gasteiger partial charge in [-0.1, -0.05) is 0 Å². The second kappa shape index (κ2) is 5.08. The highest BCUT2D eigenvalue weighted by molar-refractivity contribution is 6.01. The fourth-order valence-electron chi connectivity index (χ4n) is 1.82. The first-order chi connectivity index (χ1) is 10.1. The van der Waals surface area contributed by atoms with Crippen LogP contribution in [0.5, 0.6) is 11.5 Å². The Morgan fingerprint density at radius 3 is 2.90 bits per heavy atom. The molecule has 0 aliphatic rings. The molecule has 0 unspecified atom stereocenters. The second-order valence-electron chi connectivity index (χ2n) is 4.36. The van der Waals surface area contributed by atoms with Crippen molar-refractivity contribution in [1.82, 2.24) is 19.8 Å². The van der Waals surface area contributed by atoms with Gasteiger partial charge in [-0.3, -0.25) is 5.43 Å². The topological polar surface area (TPSA) is 108 Å². The Hall–Kier alpha value is -3.16. The summed E-state index contributed by atoms with van der Waals surface area (Å²) in [5.41, 5.74) is 4.50. The van der Waals surface area contributed by atoms with Crippen molar-refractivity contribution in [3.63, 3.8) is 0 Å². The normalized spacial score (nSPS) is 11.8. The Labute approximate surface area is 119 Å². The van der Waals surface area contributed by atoms with E-state index in [9.17, 15) is 10.2 Å². The summed E-state index contributed by atoms with van der Waals surface area (Å²) in [6.45, 7) is 1.73. The van der Waals surface area contributed by atoms with Crippen LogP contribution in [-0.4, -0.2) is 35.7 Å². The van der Waals surface area contributed by atoms with Crippen molar-refractivity contribution < 1.29 is 10.2 Å². The van der Waals surface area contributed by atoms with Gasteiger partial charge >= 0.3 is 0 Å². The molecule has 1 aromatic carbocycles. The Morgan fingerprint density at radius 2 is 2.10 bits per heavy atom. The molecule has 0 saturated heterocycles. The minimum Gasteiger partial charge on any atom is -0.508 e. The van der Waals surface area contributed by atoms with Crippen molar-refractivity contribution in [1.29, 1.82) is 0 Å². The number of benzene rings is 1. The molecule has 2 heterocycles. The van der Waals surface area contributed by atoms with Crippen LogP contribution in [0, 0.1) is 0 Å². The van der Waals surface area contributed by atoms with E-state index in [4.69, 9.17) is 0 Å². The summed E-state index contributed by atoms with van der Waals surface area (Å²) in [7, 11) is 0. The first kappa shape index (κ1) is 12.9. The van der Waals surface area contributed by atoms with Crippen molar-refractivity contribution >= 4 is 17.2 Å². The number of aromatic hydroxyl groups is 2. The number of anilines is 1. The van der Waals surface area contributed by atoms with Gasteiger partial charge in [0.25, 0.3) is 0 Å². The van der Waals surface area contributed by atoms with E-state index in [-0.39, 0.29) is 11.5 Å². The molecule has 0 spiro atoms. The summed E-state index contributed by atoms with van der Waals surface area (Å²) in [5, 5.41) is 35.0. The highest BCUT2D eigenvalue weighted by atomic mass is 16.3. The smallest absolute Gasteiger partial charge is 0.177 e. The molecule has 0 aliphatic carbocycles. The van der Waals surface area contributed by atoms with E-state index in [0.717, 1.165) is 0 Å². The van der Waals surface area contributed by atoms with Crippen molar-refractivity contribution in [2.45, 2.75) is 6.92 Å². The third-order valence-electron chi connectivity index (χ3n) is 2.87. The molecule has 8 nitrogen and oxygen atoms in total. The lowest BCUT2D eigenvalue weighted by Gasteiger charge is -2.05. The molecular weight excluding hydrogens is 272 g/mol. The van der Waals surface area contributed by atoms with E-state index >= 15 is 0 Å². The number of hydrogen-bond acceptors (Lipinski definition) is 7. The molecule has 0 radical (unpaired) electrons. The maximum atomic E-state index is 9.77. The summed E-state index contributed by atoms with van der Waals surface area (Å²) in [4.78, 5) is 0. The van der Waals surface area contributed by atoms with Crippen LogP contribution in [0.25, 0.3) is 5.65 Å². The first-order valence-electron chi connectivity index (χ1n) is 6.13. The molecule has 8 heteroatoms. The Kier molecular flexibility index (Phi) is 3.11. The van der Waals surface area contributed by atoms with E-state index in [1.54, 1.807) is 25.1 Å². The predicted molar refractivity (Wildman–Crippen MR) is 76.4 cm³/mol. The fraction of sp³-hybridized carbons (Fsp3) is 0.0769. The van der Waals surface area contributed by atoms with Gasteiger partial charge in [0.2, 0.25) is 0 Å². The number of phenols is 2. The molecule has 0 bridgehead atoms. The quantitative estimate of drug-likeness (QED) is 0.495. The molecule has 2 aromatic heterocycles. The highest BCUT2D eigenvalue weighted by Gasteiger charge is 2.06. The van der Waals surface area contributed by atoms with Crippen LogP contribution < -0.4 is 5.43 Å². The summed E-state index contributed by atoms with van der Waals surface area (Å²) in [6, 6.07) is 7.80. The largest absolute Gasteiger partial charge is 0.508 e. The first-order valence-corrected chi connectivity index (χ1v) is 6.13. The standard InChI is InChI=1S/C13H12N6O2/c1-8(10-3-2-9(20)6-11(10)21)15-16-12-4-5-13-17-14-7-19(13)18-12/h2-7,20-21H,1H3,(H,16,18)/b15-8-. The molecule has 3 aromatic rings. The zero-order chi connectivity index (χ0) is 14.8. The van der Waals surface area contributed by atoms with Crippen LogP contribution in [0.15, 0.2) is 41.8 Å². The Bertz CT molecular complexity index is 826. The molecule has 0 amide bonds. The average Bonchev–Trinajstić information content (AvgIpc) is 2.92. The van der Waals surface area contributed by atoms with Crippen molar-refractivity contribution in [3.8, 4) is 11.5 Å². The molecule has 0 atom stereocenters. The number of nitrogens with one attached hydrogen (secondary N) is 1. The van der Waals surface area contributed by atoms with Gasteiger partial charge in [0.05, 0.1) is 5.71 Å². The second-order valence-corrected chi connectivity index (χ2v) is 4.36. The maximum absolute atomic E-state index is 9.77. The molecule has 106 valence electrons. The van der Waals surface area contributed by atoms with E-state index in [1.807, 2.05) is 0 Å². The van der Waals surface area contributed by atoms with E-state index in [2.05, 4.69) is 25.8 Å². The number of fused-ring (bicyclic) bond motifs is 1. The van der Waals surface area contributed by atoms with Gasteiger partial charge < -0.3 is 10.2 Å². The number of hydrogen-bond donors (Lipinski definition) is 3. The number of hydrazone groups is 1. The van der Waals surface area contributed by atoms with Crippen molar-refractivity contribution in [2.24, 2.45) is 5.10 Å². The number of rotatable bonds is 3.